The maximum Gasteiger partial charge on any atom is 0.195 e. The molecule has 0 aromatic heterocycles. The minimum Gasteiger partial charge on any atom is -0.349 e. The molecule has 1 aliphatic rings. The Hall–Kier alpha value is -1.51. The van der Waals surface area contributed by atoms with Gasteiger partial charge in [-0.05, 0) is 36.0 Å². The fourth-order valence-electron chi connectivity index (χ4n) is 2.57. The van der Waals surface area contributed by atoms with Crippen molar-refractivity contribution in [3.05, 3.63) is 34.9 Å². The number of hydrogen-bond donors (Lipinski definition) is 0. The first-order valence-electron chi connectivity index (χ1n) is 6.57. The lowest BCUT2D eigenvalue weighted by Crippen LogP contribution is -2.35. The molecule has 98 valence electrons. The Kier molecular flexibility index (Phi) is 3.90. The van der Waals surface area contributed by atoms with Gasteiger partial charge < -0.3 is 9.80 Å². The molecule has 0 fully saturated rings. The van der Waals surface area contributed by atoms with Crippen molar-refractivity contribution in [3.63, 3.8) is 0 Å². The summed E-state index contributed by atoms with van der Waals surface area (Å²) in [6.45, 7) is 0.763. The third-order valence-corrected chi connectivity index (χ3v) is 3.37. The summed E-state index contributed by atoms with van der Waals surface area (Å²) in [7, 11) is 8.12. The van der Waals surface area contributed by atoms with E-state index in [1.165, 1.54) is 36.0 Å². The molecule has 0 saturated carbocycles. The Labute approximate surface area is 110 Å². The maximum absolute atomic E-state index is 4.69. The monoisotopic (exact) mass is 245 g/mol. The van der Waals surface area contributed by atoms with Crippen LogP contribution in [0.4, 0.5) is 0 Å². The van der Waals surface area contributed by atoms with Crippen LogP contribution >= 0.6 is 0 Å². The number of nitrogens with zero attached hydrogens (tertiary/aromatic N) is 3. The van der Waals surface area contributed by atoms with Crippen LogP contribution < -0.4 is 0 Å². The summed E-state index contributed by atoms with van der Waals surface area (Å²) < 4.78 is 0. The topological polar surface area (TPSA) is 18.8 Å². The Morgan fingerprint density at radius 2 is 1.72 bits per heavy atom. The number of aryl methyl sites for hydroxylation is 2. The zero-order valence-electron chi connectivity index (χ0n) is 11.9. The number of benzene rings is 1. The van der Waals surface area contributed by atoms with Crippen LogP contribution in [0, 0.1) is 0 Å². The Bertz CT molecular complexity index is 437. The average Bonchev–Trinajstić information content (AvgIpc) is 2.75. The van der Waals surface area contributed by atoms with Crippen LogP contribution in [-0.2, 0) is 19.4 Å². The van der Waals surface area contributed by atoms with Crippen LogP contribution in [0.5, 0.6) is 0 Å². The third-order valence-electron chi connectivity index (χ3n) is 3.37. The highest BCUT2D eigenvalue weighted by Gasteiger charge is 2.11. The lowest BCUT2D eigenvalue weighted by molar-refractivity contribution is 0.479. The molecule has 0 aliphatic heterocycles. The molecule has 0 heterocycles. The second-order valence-electron chi connectivity index (χ2n) is 5.36. The second kappa shape index (κ2) is 5.42. The van der Waals surface area contributed by atoms with Gasteiger partial charge in [-0.2, -0.15) is 0 Å². The molecule has 2 rings (SSSR count). The van der Waals surface area contributed by atoms with Crippen LogP contribution in [0.1, 0.15) is 23.1 Å². The van der Waals surface area contributed by atoms with Gasteiger partial charge in [0.25, 0.3) is 0 Å². The van der Waals surface area contributed by atoms with Crippen LogP contribution in [0.15, 0.2) is 23.2 Å². The van der Waals surface area contributed by atoms with Crippen molar-refractivity contribution in [3.8, 4) is 0 Å². The summed E-state index contributed by atoms with van der Waals surface area (Å²) in [5.74, 6) is 1.01. The smallest absolute Gasteiger partial charge is 0.195 e. The quantitative estimate of drug-likeness (QED) is 0.587. The van der Waals surface area contributed by atoms with Gasteiger partial charge in [0, 0.05) is 28.2 Å². The van der Waals surface area contributed by atoms with E-state index in [0.717, 1.165) is 12.5 Å². The molecule has 3 heteroatoms. The van der Waals surface area contributed by atoms with E-state index >= 15 is 0 Å². The van der Waals surface area contributed by atoms with E-state index in [4.69, 9.17) is 0 Å². The maximum atomic E-state index is 4.69. The van der Waals surface area contributed by atoms with Crippen molar-refractivity contribution < 1.29 is 0 Å². The van der Waals surface area contributed by atoms with E-state index in [-0.39, 0.29) is 0 Å². The zero-order valence-corrected chi connectivity index (χ0v) is 11.9. The molecule has 0 spiro atoms. The molecular formula is C15H23N3. The summed E-state index contributed by atoms with van der Waals surface area (Å²) in [4.78, 5) is 8.78. The molecule has 0 radical (unpaired) electrons. The Balaban J connectivity index is 2.12. The summed E-state index contributed by atoms with van der Waals surface area (Å²) >= 11 is 0. The van der Waals surface area contributed by atoms with E-state index in [2.05, 4.69) is 23.2 Å². The molecule has 3 nitrogen and oxygen atoms in total. The van der Waals surface area contributed by atoms with Gasteiger partial charge in [0.1, 0.15) is 0 Å². The minimum absolute atomic E-state index is 0.763. The SMILES string of the molecule is CN(C)C(=NCc1ccc2c(c1)CCC2)N(C)C. The molecule has 0 unspecified atom stereocenters. The summed E-state index contributed by atoms with van der Waals surface area (Å²) in [6, 6.07) is 6.82. The van der Waals surface area contributed by atoms with Crippen molar-refractivity contribution in [1.29, 1.82) is 0 Å². The summed E-state index contributed by atoms with van der Waals surface area (Å²) in [5, 5.41) is 0. The van der Waals surface area contributed by atoms with E-state index in [0.29, 0.717) is 0 Å². The molecule has 0 N–H and O–H groups in total. The van der Waals surface area contributed by atoms with Crippen molar-refractivity contribution in [1.82, 2.24) is 9.80 Å². The first-order valence-corrected chi connectivity index (χ1v) is 6.57. The highest BCUT2D eigenvalue weighted by atomic mass is 15.3. The molecule has 0 atom stereocenters. The molecule has 0 bridgehead atoms. The second-order valence-corrected chi connectivity index (χ2v) is 5.36. The molecule has 1 aliphatic carbocycles. The molecule has 18 heavy (non-hydrogen) atoms. The number of fused-ring (bicyclic) bond motifs is 1. The number of guanidine groups is 1. The lowest BCUT2D eigenvalue weighted by Gasteiger charge is -2.22. The highest BCUT2D eigenvalue weighted by molar-refractivity contribution is 5.79. The standard InChI is InChI=1S/C15H23N3/c1-17(2)15(18(3)4)16-11-12-8-9-13-6-5-7-14(13)10-12/h8-10H,5-7,11H2,1-4H3. The average molecular weight is 245 g/mol. The van der Waals surface area contributed by atoms with Crippen LogP contribution in [0.2, 0.25) is 0 Å². The van der Waals surface area contributed by atoms with E-state index in [9.17, 15) is 0 Å². The van der Waals surface area contributed by atoms with E-state index in [1.807, 2.05) is 38.0 Å². The van der Waals surface area contributed by atoms with Crippen molar-refractivity contribution >= 4 is 5.96 Å². The van der Waals surface area contributed by atoms with Gasteiger partial charge >= 0.3 is 0 Å². The van der Waals surface area contributed by atoms with Gasteiger partial charge in [-0.15, -0.1) is 0 Å². The van der Waals surface area contributed by atoms with Gasteiger partial charge in [-0.1, -0.05) is 18.2 Å². The fraction of sp³-hybridized carbons (Fsp3) is 0.533. The minimum atomic E-state index is 0.763. The summed E-state index contributed by atoms with van der Waals surface area (Å²) in [6.07, 6.45) is 3.79. The van der Waals surface area contributed by atoms with Gasteiger partial charge in [-0.3, -0.25) is 0 Å². The number of hydrogen-bond acceptors (Lipinski definition) is 1. The highest BCUT2D eigenvalue weighted by Crippen LogP contribution is 2.23. The lowest BCUT2D eigenvalue weighted by atomic mass is 10.1. The van der Waals surface area contributed by atoms with Gasteiger partial charge in [0.05, 0.1) is 6.54 Å². The largest absolute Gasteiger partial charge is 0.349 e. The Morgan fingerprint density at radius 3 is 2.39 bits per heavy atom. The van der Waals surface area contributed by atoms with Gasteiger partial charge in [0.15, 0.2) is 5.96 Å². The number of aliphatic imine (C=N–C) groups is 1. The molecule has 0 amide bonds. The number of rotatable bonds is 2. The van der Waals surface area contributed by atoms with Crippen LogP contribution in [0.25, 0.3) is 0 Å². The van der Waals surface area contributed by atoms with E-state index < -0.39 is 0 Å². The summed E-state index contributed by atoms with van der Waals surface area (Å²) in [5.41, 5.74) is 4.37. The first kappa shape index (κ1) is 12.9. The molecular weight excluding hydrogens is 222 g/mol. The first-order chi connectivity index (χ1) is 8.58. The molecule has 1 aromatic carbocycles. The normalized spacial score (nSPS) is 13.1. The zero-order chi connectivity index (χ0) is 13.1. The third kappa shape index (κ3) is 2.84. The Morgan fingerprint density at radius 1 is 1.06 bits per heavy atom. The van der Waals surface area contributed by atoms with Crippen molar-refractivity contribution in [2.24, 2.45) is 4.99 Å². The predicted molar refractivity (Wildman–Crippen MR) is 77.0 cm³/mol. The van der Waals surface area contributed by atoms with Crippen molar-refractivity contribution in [2.45, 2.75) is 25.8 Å². The van der Waals surface area contributed by atoms with Gasteiger partial charge in [0.2, 0.25) is 0 Å². The van der Waals surface area contributed by atoms with Crippen molar-refractivity contribution in [2.75, 3.05) is 28.2 Å². The molecule has 0 saturated heterocycles. The molecule has 1 aromatic rings. The van der Waals surface area contributed by atoms with E-state index in [1.54, 1.807) is 0 Å². The predicted octanol–water partition coefficient (Wildman–Crippen LogP) is 2.15. The fourth-order valence-corrected chi connectivity index (χ4v) is 2.57. The van der Waals surface area contributed by atoms with Gasteiger partial charge in [-0.25, -0.2) is 4.99 Å². The van der Waals surface area contributed by atoms with Crippen LogP contribution in [-0.4, -0.2) is 44.0 Å². The van der Waals surface area contributed by atoms with Crippen LogP contribution in [0.3, 0.4) is 0 Å².